The van der Waals surface area contributed by atoms with Crippen LogP contribution in [0.4, 0.5) is 5.82 Å². The number of amides is 1. The van der Waals surface area contributed by atoms with Gasteiger partial charge in [-0.3, -0.25) is 4.79 Å². The van der Waals surface area contributed by atoms with Crippen LogP contribution < -0.4 is 16.2 Å². The molecule has 1 atom stereocenters. The summed E-state index contributed by atoms with van der Waals surface area (Å²) in [7, 11) is 0. The zero-order valence-electron chi connectivity index (χ0n) is 18.5. The van der Waals surface area contributed by atoms with Crippen molar-refractivity contribution in [1.82, 2.24) is 24.6 Å². The third-order valence-electron chi connectivity index (χ3n) is 5.84. The molecular formula is C25H25N7O2. The fourth-order valence-electron chi connectivity index (χ4n) is 4.17. The minimum Gasteiger partial charge on any atom is -0.457 e. The van der Waals surface area contributed by atoms with Crippen LogP contribution in [0.25, 0.3) is 22.3 Å². The predicted molar refractivity (Wildman–Crippen MR) is 130 cm³/mol. The van der Waals surface area contributed by atoms with Crippen molar-refractivity contribution in [2.75, 3.05) is 25.4 Å². The summed E-state index contributed by atoms with van der Waals surface area (Å²) in [4.78, 5) is 22.8. The lowest BCUT2D eigenvalue weighted by molar-refractivity contribution is -0.125. The van der Waals surface area contributed by atoms with Gasteiger partial charge in [-0.1, -0.05) is 24.3 Å². The summed E-state index contributed by atoms with van der Waals surface area (Å²) in [5.74, 6) is 1.81. The second-order valence-corrected chi connectivity index (χ2v) is 8.06. The summed E-state index contributed by atoms with van der Waals surface area (Å²) >= 11 is 0. The molecule has 2 aromatic heterocycles. The van der Waals surface area contributed by atoms with Crippen molar-refractivity contribution in [1.29, 1.82) is 0 Å². The van der Waals surface area contributed by atoms with Crippen LogP contribution in [-0.2, 0) is 4.79 Å². The number of nitrogens with two attached hydrogens (primary N) is 2. The number of aromatic nitrogens is 4. The molecule has 0 radical (unpaired) electrons. The summed E-state index contributed by atoms with van der Waals surface area (Å²) in [6.07, 6.45) is 5.40. The summed E-state index contributed by atoms with van der Waals surface area (Å²) in [6, 6.07) is 17.3. The van der Waals surface area contributed by atoms with Gasteiger partial charge in [0.25, 0.3) is 0 Å². The first-order chi connectivity index (χ1) is 16.6. The van der Waals surface area contributed by atoms with E-state index in [2.05, 4.69) is 9.97 Å². The Morgan fingerprint density at radius 2 is 1.85 bits per heavy atom. The third-order valence-corrected chi connectivity index (χ3v) is 5.84. The Morgan fingerprint density at radius 1 is 1.09 bits per heavy atom. The van der Waals surface area contributed by atoms with Crippen molar-refractivity contribution in [2.24, 2.45) is 5.73 Å². The van der Waals surface area contributed by atoms with Crippen molar-refractivity contribution >= 4 is 22.8 Å². The SMILES string of the molecule is NCC=CC(=O)N1CCC(n2nc(-c3ccc(Oc4ccccc4)cc3)c3c(N)ncnc32)C1. The van der Waals surface area contributed by atoms with Crippen molar-refractivity contribution < 1.29 is 9.53 Å². The molecule has 34 heavy (non-hydrogen) atoms. The van der Waals surface area contributed by atoms with E-state index in [0.717, 1.165) is 23.5 Å². The summed E-state index contributed by atoms with van der Waals surface area (Å²) in [6.45, 7) is 1.51. The Morgan fingerprint density at radius 3 is 2.62 bits per heavy atom. The molecule has 2 aromatic carbocycles. The van der Waals surface area contributed by atoms with Crippen LogP contribution in [0.1, 0.15) is 12.5 Å². The Labute approximate surface area is 196 Å². The standard InChI is InChI=1S/C25H25N7O2/c26-13-4-7-21(33)31-14-12-18(15-31)32-25-22(24(27)28-16-29-25)23(30-32)17-8-10-20(11-9-17)34-19-5-2-1-3-6-19/h1-11,16,18H,12-15,26H2,(H2,27,28,29). The Kier molecular flexibility index (Phi) is 5.92. The van der Waals surface area contributed by atoms with E-state index < -0.39 is 0 Å². The molecule has 0 saturated carbocycles. The van der Waals surface area contributed by atoms with E-state index >= 15 is 0 Å². The van der Waals surface area contributed by atoms with Crippen LogP contribution in [0.5, 0.6) is 11.5 Å². The van der Waals surface area contributed by atoms with Crippen LogP contribution in [0.2, 0.25) is 0 Å². The number of likely N-dealkylation sites (tertiary alicyclic amines) is 1. The average molecular weight is 456 g/mol. The number of ether oxygens (including phenoxy) is 1. The molecule has 5 rings (SSSR count). The zero-order valence-corrected chi connectivity index (χ0v) is 18.5. The Hall–Kier alpha value is -4.24. The van der Waals surface area contributed by atoms with Gasteiger partial charge in [0.05, 0.1) is 11.4 Å². The predicted octanol–water partition coefficient (Wildman–Crippen LogP) is 3.16. The molecule has 9 heteroatoms. The van der Waals surface area contributed by atoms with Crippen LogP contribution in [0, 0.1) is 0 Å². The molecule has 0 spiro atoms. The Balaban J connectivity index is 1.45. The van der Waals surface area contributed by atoms with E-state index in [9.17, 15) is 4.79 Å². The summed E-state index contributed by atoms with van der Waals surface area (Å²) in [5, 5.41) is 5.59. The van der Waals surface area contributed by atoms with Gasteiger partial charge in [0.2, 0.25) is 5.91 Å². The third kappa shape index (κ3) is 4.20. The van der Waals surface area contributed by atoms with Gasteiger partial charge in [0.1, 0.15) is 29.3 Å². The molecule has 1 amide bonds. The lowest BCUT2D eigenvalue weighted by atomic mass is 10.1. The number of hydrogen-bond donors (Lipinski definition) is 2. The van der Waals surface area contributed by atoms with E-state index in [1.807, 2.05) is 59.3 Å². The number of carbonyl (C=O) groups is 1. The smallest absolute Gasteiger partial charge is 0.246 e. The van der Waals surface area contributed by atoms with E-state index in [4.69, 9.17) is 21.3 Å². The number of nitrogen functional groups attached to an aromatic ring is 1. The number of hydrogen-bond acceptors (Lipinski definition) is 7. The fraction of sp³-hybridized carbons (Fsp3) is 0.200. The molecule has 4 aromatic rings. The highest BCUT2D eigenvalue weighted by Gasteiger charge is 2.30. The maximum absolute atomic E-state index is 12.4. The van der Waals surface area contributed by atoms with Crippen LogP contribution in [0.15, 0.2) is 73.1 Å². The number of fused-ring (bicyclic) bond motifs is 1. The van der Waals surface area contributed by atoms with E-state index in [1.54, 1.807) is 11.0 Å². The van der Waals surface area contributed by atoms with Gasteiger partial charge in [0, 0.05) is 31.3 Å². The summed E-state index contributed by atoms with van der Waals surface area (Å²) < 4.78 is 7.78. The molecule has 0 aliphatic carbocycles. The minimum atomic E-state index is -0.0484. The highest BCUT2D eigenvalue weighted by atomic mass is 16.5. The van der Waals surface area contributed by atoms with Crippen LogP contribution in [-0.4, -0.2) is 50.2 Å². The second-order valence-electron chi connectivity index (χ2n) is 8.06. The Bertz CT molecular complexity index is 1330. The molecule has 0 bridgehead atoms. The largest absolute Gasteiger partial charge is 0.457 e. The second kappa shape index (κ2) is 9.32. The maximum Gasteiger partial charge on any atom is 0.246 e. The molecule has 3 heterocycles. The molecule has 1 aliphatic heterocycles. The van der Waals surface area contributed by atoms with E-state index in [1.165, 1.54) is 12.4 Å². The number of carbonyl (C=O) groups excluding carboxylic acids is 1. The highest BCUT2D eigenvalue weighted by molar-refractivity contribution is 5.98. The average Bonchev–Trinajstić information content (AvgIpc) is 3.50. The van der Waals surface area contributed by atoms with Gasteiger partial charge in [-0.25, -0.2) is 14.6 Å². The quantitative estimate of drug-likeness (QED) is 0.428. The topological polar surface area (TPSA) is 125 Å². The maximum atomic E-state index is 12.4. The van der Waals surface area contributed by atoms with Gasteiger partial charge in [-0.05, 0) is 42.8 Å². The first kappa shape index (κ1) is 21.6. The van der Waals surface area contributed by atoms with Crippen molar-refractivity contribution in [2.45, 2.75) is 12.5 Å². The van der Waals surface area contributed by atoms with Gasteiger partial charge >= 0.3 is 0 Å². The lowest BCUT2D eigenvalue weighted by Crippen LogP contribution is -2.27. The number of rotatable bonds is 6. The summed E-state index contributed by atoms with van der Waals surface area (Å²) in [5.41, 5.74) is 14.0. The number of anilines is 1. The normalized spacial score (nSPS) is 15.9. The van der Waals surface area contributed by atoms with Gasteiger partial charge < -0.3 is 21.1 Å². The number of nitrogens with zero attached hydrogens (tertiary/aromatic N) is 5. The van der Waals surface area contributed by atoms with Gasteiger partial charge in [-0.2, -0.15) is 5.10 Å². The van der Waals surface area contributed by atoms with Gasteiger partial charge in [0.15, 0.2) is 5.65 Å². The fourth-order valence-corrected chi connectivity index (χ4v) is 4.17. The molecule has 1 saturated heterocycles. The molecule has 4 N–H and O–H groups in total. The van der Waals surface area contributed by atoms with Crippen LogP contribution in [0.3, 0.4) is 0 Å². The first-order valence-corrected chi connectivity index (χ1v) is 11.1. The monoisotopic (exact) mass is 455 g/mol. The lowest BCUT2D eigenvalue weighted by Gasteiger charge is -2.15. The highest BCUT2D eigenvalue weighted by Crippen LogP contribution is 2.35. The number of para-hydroxylation sites is 1. The minimum absolute atomic E-state index is 0.0125. The van der Waals surface area contributed by atoms with E-state index in [-0.39, 0.29) is 11.9 Å². The molecular weight excluding hydrogens is 430 g/mol. The van der Waals surface area contributed by atoms with E-state index in [0.29, 0.717) is 42.2 Å². The van der Waals surface area contributed by atoms with Gasteiger partial charge in [-0.15, -0.1) is 0 Å². The molecule has 1 unspecified atom stereocenters. The molecule has 1 fully saturated rings. The van der Waals surface area contributed by atoms with Crippen molar-refractivity contribution in [3.63, 3.8) is 0 Å². The first-order valence-electron chi connectivity index (χ1n) is 11.1. The number of benzene rings is 2. The van der Waals surface area contributed by atoms with Crippen LogP contribution >= 0.6 is 0 Å². The molecule has 172 valence electrons. The molecule has 9 nitrogen and oxygen atoms in total. The van der Waals surface area contributed by atoms with Crippen molar-refractivity contribution in [3.05, 3.63) is 73.1 Å². The zero-order chi connectivity index (χ0) is 23.5. The molecule has 1 aliphatic rings. The van der Waals surface area contributed by atoms with Crippen molar-refractivity contribution in [3.8, 4) is 22.8 Å².